The Labute approximate surface area is 62.3 Å². The Morgan fingerprint density at radius 1 is 1.60 bits per heavy atom. The molecule has 0 aliphatic carbocycles. The maximum atomic E-state index is 9.96. The van der Waals surface area contributed by atoms with Crippen molar-refractivity contribution in [3.63, 3.8) is 0 Å². The SMILES string of the molecule is [NH]C(=O)C=CC(Cl)C(=O)O. The first-order chi connectivity index (χ1) is 4.54. The van der Waals surface area contributed by atoms with Crippen molar-refractivity contribution >= 4 is 23.5 Å². The van der Waals surface area contributed by atoms with Gasteiger partial charge in [-0.2, -0.15) is 0 Å². The van der Waals surface area contributed by atoms with Gasteiger partial charge >= 0.3 is 5.97 Å². The van der Waals surface area contributed by atoms with Crippen molar-refractivity contribution < 1.29 is 14.7 Å². The highest BCUT2D eigenvalue weighted by molar-refractivity contribution is 6.31. The van der Waals surface area contributed by atoms with E-state index in [1.54, 1.807) is 0 Å². The van der Waals surface area contributed by atoms with E-state index in [9.17, 15) is 9.59 Å². The van der Waals surface area contributed by atoms with E-state index in [4.69, 9.17) is 22.4 Å². The van der Waals surface area contributed by atoms with Crippen LogP contribution < -0.4 is 5.73 Å². The number of carboxylic acids is 1. The van der Waals surface area contributed by atoms with Crippen LogP contribution in [0.15, 0.2) is 12.2 Å². The van der Waals surface area contributed by atoms with Gasteiger partial charge in [0.05, 0.1) is 0 Å². The lowest BCUT2D eigenvalue weighted by Gasteiger charge is -1.91. The second-order valence-electron chi connectivity index (χ2n) is 1.46. The summed E-state index contributed by atoms with van der Waals surface area (Å²) < 4.78 is 0. The maximum absolute atomic E-state index is 9.96. The maximum Gasteiger partial charge on any atom is 0.325 e. The molecular formula is C5H5ClNO3. The molecule has 1 amide bonds. The third-order valence-electron chi connectivity index (χ3n) is 0.652. The van der Waals surface area contributed by atoms with Gasteiger partial charge in [0.25, 0.3) is 5.91 Å². The van der Waals surface area contributed by atoms with Crippen LogP contribution in [0.5, 0.6) is 0 Å². The normalized spacial score (nSPS) is 13.3. The summed E-state index contributed by atoms with van der Waals surface area (Å²) in [5.74, 6) is -2.20. The fourth-order valence-corrected chi connectivity index (χ4v) is 0.327. The first-order valence-corrected chi connectivity index (χ1v) is 2.78. The molecule has 0 aliphatic heterocycles. The van der Waals surface area contributed by atoms with Crippen molar-refractivity contribution in [1.82, 2.24) is 5.73 Å². The molecule has 10 heavy (non-hydrogen) atoms. The van der Waals surface area contributed by atoms with Gasteiger partial charge in [-0.1, -0.05) is 6.08 Å². The number of alkyl halides is 1. The Morgan fingerprint density at radius 3 is 2.40 bits per heavy atom. The van der Waals surface area contributed by atoms with Crippen LogP contribution in [0.3, 0.4) is 0 Å². The van der Waals surface area contributed by atoms with Crippen LogP contribution in [0.1, 0.15) is 0 Å². The van der Waals surface area contributed by atoms with Crippen LogP contribution in [0.4, 0.5) is 0 Å². The number of carbonyl (C=O) groups excluding carboxylic acids is 1. The lowest BCUT2D eigenvalue weighted by molar-refractivity contribution is -0.135. The van der Waals surface area contributed by atoms with Crippen LogP contribution in [-0.2, 0) is 9.59 Å². The molecule has 1 radical (unpaired) electrons. The van der Waals surface area contributed by atoms with Crippen molar-refractivity contribution in [3.8, 4) is 0 Å². The second-order valence-corrected chi connectivity index (χ2v) is 1.93. The van der Waals surface area contributed by atoms with Crippen LogP contribution in [0, 0.1) is 0 Å². The van der Waals surface area contributed by atoms with E-state index in [0.717, 1.165) is 12.2 Å². The van der Waals surface area contributed by atoms with Crippen molar-refractivity contribution in [2.24, 2.45) is 0 Å². The summed E-state index contributed by atoms with van der Waals surface area (Å²) in [7, 11) is 0. The quantitative estimate of drug-likeness (QED) is 0.470. The Kier molecular flexibility index (Phi) is 3.49. The molecule has 0 aliphatic rings. The van der Waals surface area contributed by atoms with E-state index in [0.29, 0.717) is 0 Å². The highest BCUT2D eigenvalue weighted by atomic mass is 35.5. The molecule has 0 heterocycles. The zero-order valence-corrected chi connectivity index (χ0v) is 5.63. The van der Waals surface area contributed by atoms with Gasteiger partial charge in [-0.3, -0.25) is 15.3 Å². The summed E-state index contributed by atoms with van der Waals surface area (Å²) in [6.07, 6.45) is 1.74. The molecule has 0 bridgehead atoms. The average Bonchev–Trinajstić information content (AvgIpc) is 1.82. The lowest BCUT2D eigenvalue weighted by Crippen LogP contribution is -2.10. The topological polar surface area (TPSA) is 78.2 Å². The van der Waals surface area contributed by atoms with E-state index in [1.807, 2.05) is 0 Å². The number of nitrogens with one attached hydrogen (secondary N) is 1. The smallest absolute Gasteiger partial charge is 0.325 e. The standard InChI is InChI=1S/C5H5ClNO3/c6-3(5(9)10)1-2-4(7)8/h1-3,7H,(H,9,10). The minimum absolute atomic E-state index is 0.797. The molecule has 0 saturated heterocycles. The molecule has 55 valence electrons. The largest absolute Gasteiger partial charge is 0.480 e. The van der Waals surface area contributed by atoms with Gasteiger partial charge in [0.15, 0.2) is 0 Å². The van der Waals surface area contributed by atoms with Gasteiger partial charge in [-0.05, 0) is 0 Å². The summed E-state index contributed by atoms with van der Waals surface area (Å²) in [5.41, 5.74) is 6.33. The van der Waals surface area contributed by atoms with Crippen molar-refractivity contribution in [3.05, 3.63) is 12.2 Å². The number of aliphatic carboxylic acids is 1. The number of halogens is 1. The molecule has 4 nitrogen and oxygen atoms in total. The van der Waals surface area contributed by atoms with Crippen molar-refractivity contribution in [1.29, 1.82) is 0 Å². The van der Waals surface area contributed by atoms with Crippen LogP contribution in [-0.4, -0.2) is 22.4 Å². The van der Waals surface area contributed by atoms with E-state index in [1.165, 1.54) is 0 Å². The molecule has 0 rings (SSSR count). The lowest BCUT2D eigenvalue weighted by atomic mass is 10.3. The molecule has 1 unspecified atom stereocenters. The first kappa shape index (κ1) is 8.97. The fraction of sp³-hybridized carbons (Fsp3) is 0.200. The Morgan fingerprint density at radius 2 is 2.10 bits per heavy atom. The third kappa shape index (κ3) is 3.91. The Hall–Kier alpha value is -1.03. The average molecular weight is 163 g/mol. The van der Waals surface area contributed by atoms with E-state index < -0.39 is 17.3 Å². The Bertz CT molecular complexity index is 178. The Balaban J connectivity index is 3.89. The summed E-state index contributed by atoms with van der Waals surface area (Å²) in [6.45, 7) is 0. The van der Waals surface area contributed by atoms with Crippen LogP contribution in [0.25, 0.3) is 0 Å². The summed E-state index contributed by atoms with van der Waals surface area (Å²) in [6, 6.07) is 0. The number of rotatable bonds is 3. The molecule has 2 N–H and O–H groups in total. The highest BCUT2D eigenvalue weighted by Crippen LogP contribution is 1.96. The van der Waals surface area contributed by atoms with Gasteiger partial charge in [0.1, 0.15) is 5.38 Å². The number of carboxylic acid groups (broad SMARTS) is 1. The van der Waals surface area contributed by atoms with Gasteiger partial charge in [-0.25, -0.2) is 0 Å². The monoisotopic (exact) mass is 162 g/mol. The third-order valence-corrected chi connectivity index (χ3v) is 0.985. The molecule has 0 fully saturated rings. The van der Waals surface area contributed by atoms with E-state index in [2.05, 4.69) is 0 Å². The van der Waals surface area contributed by atoms with Gasteiger partial charge in [-0.15, -0.1) is 11.6 Å². The van der Waals surface area contributed by atoms with E-state index >= 15 is 0 Å². The van der Waals surface area contributed by atoms with Gasteiger partial charge < -0.3 is 5.11 Å². The predicted octanol–water partition coefficient (Wildman–Crippen LogP) is 0.0441. The van der Waals surface area contributed by atoms with Crippen LogP contribution >= 0.6 is 11.6 Å². The van der Waals surface area contributed by atoms with Gasteiger partial charge in [0, 0.05) is 6.08 Å². The number of carbonyl (C=O) groups is 2. The second kappa shape index (κ2) is 3.90. The zero-order chi connectivity index (χ0) is 8.15. The minimum Gasteiger partial charge on any atom is -0.480 e. The summed E-state index contributed by atoms with van der Waals surface area (Å²) in [5, 5.41) is 6.91. The number of hydrogen-bond acceptors (Lipinski definition) is 2. The molecule has 0 saturated carbocycles. The highest BCUT2D eigenvalue weighted by Gasteiger charge is 2.08. The summed E-state index contributed by atoms with van der Waals surface area (Å²) in [4.78, 5) is 19.9. The molecule has 1 atom stereocenters. The molecule has 0 aromatic heterocycles. The molecule has 0 spiro atoms. The summed E-state index contributed by atoms with van der Waals surface area (Å²) >= 11 is 5.14. The minimum atomic E-state index is -1.24. The number of amides is 1. The molecular weight excluding hydrogens is 158 g/mol. The van der Waals surface area contributed by atoms with Gasteiger partial charge in [0.2, 0.25) is 0 Å². The van der Waals surface area contributed by atoms with Crippen molar-refractivity contribution in [2.75, 3.05) is 0 Å². The van der Waals surface area contributed by atoms with E-state index in [-0.39, 0.29) is 0 Å². The van der Waals surface area contributed by atoms with Crippen molar-refractivity contribution in [2.45, 2.75) is 5.38 Å². The van der Waals surface area contributed by atoms with Crippen LogP contribution in [0.2, 0.25) is 0 Å². The fourth-order valence-electron chi connectivity index (χ4n) is 0.254. The first-order valence-electron chi connectivity index (χ1n) is 2.34. The predicted molar refractivity (Wildman–Crippen MR) is 34.5 cm³/mol. The zero-order valence-electron chi connectivity index (χ0n) is 4.87. The molecule has 0 aromatic carbocycles. The molecule has 5 heteroatoms. The molecule has 0 aromatic rings. The number of hydrogen-bond donors (Lipinski definition) is 1.